The first-order chi connectivity index (χ1) is 8.21. The van der Waals surface area contributed by atoms with Crippen molar-refractivity contribution < 1.29 is 19.0 Å². The third kappa shape index (κ3) is 3.79. The number of carbonyl (C=O) groups is 1. The minimum absolute atomic E-state index is 0.0386. The average molecular weight is 237 g/mol. The van der Waals surface area contributed by atoms with Crippen LogP contribution in [0.15, 0.2) is 29.3 Å². The molecule has 92 valence electrons. The Balaban J connectivity index is 2.69. The predicted molar refractivity (Wildman–Crippen MR) is 63.2 cm³/mol. The van der Waals surface area contributed by atoms with E-state index in [1.807, 2.05) is 24.3 Å². The van der Waals surface area contributed by atoms with Gasteiger partial charge in [0, 0.05) is 0 Å². The highest BCUT2D eigenvalue weighted by atomic mass is 16.6. The maximum Gasteiger partial charge on any atom is 0.393 e. The molecule has 0 radical (unpaired) electrons. The molecule has 1 rings (SSSR count). The van der Waals surface area contributed by atoms with E-state index in [2.05, 4.69) is 9.73 Å². The van der Waals surface area contributed by atoms with Crippen LogP contribution in [-0.4, -0.2) is 33.2 Å². The fourth-order valence-corrected chi connectivity index (χ4v) is 1.19. The summed E-state index contributed by atoms with van der Waals surface area (Å²) >= 11 is 0. The number of carbonyl (C=O) groups excluding carboxylic acids is 1. The first-order valence-electron chi connectivity index (χ1n) is 5.01. The molecule has 0 unspecified atom stereocenters. The van der Waals surface area contributed by atoms with Gasteiger partial charge in [-0.3, -0.25) is 0 Å². The number of hydrogen-bond donors (Lipinski definition) is 0. The van der Waals surface area contributed by atoms with Crippen molar-refractivity contribution in [1.29, 1.82) is 0 Å². The van der Waals surface area contributed by atoms with Gasteiger partial charge in [-0.05, 0) is 17.7 Å². The zero-order valence-corrected chi connectivity index (χ0v) is 10.1. The molecule has 0 saturated carbocycles. The lowest BCUT2D eigenvalue weighted by molar-refractivity contribution is -0.134. The molecule has 0 aromatic heterocycles. The molecule has 0 aliphatic heterocycles. The second-order valence-corrected chi connectivity index (χ2v) is 3.17. The molecule has 0 atom stereocenters. The zero-order valence-electron chi connectivity index (χ0n) is 10.1. The van der Waals surface area contributed by atoms with Gasteiger partial charge in [-0.1, -0.05) is 12.1 Å². The summed E-state index contributed by atoms with van der Waals surface area (Å²) in [6.07, 6.45) is 0. The van der Waals surface area contributed by atoms with Crippen LogP contribution in [0.5, 0.6) is 5.75 Å². The van der Waals surface area contributed by atoms with Gasteiger partial charge >= 0.3 is 5.97 Å². The first kappa shape index (κ1) is 13.0. The van der Waals surface area contributed by atoms with Gasteiger partial charge in [0.25, 0.3) is 5.90 Å². The Morgan fingerprint density at radius 1 is 1.12 bits per heavy atom. The third-order valence-corrected chi connectivity index (χ3v) is 2.12. The maximum absolute atomic E-state index is 11.2. The molecule has 0 bridgehead atoms. The lowest BCUT2D eigenvalue weighted by Crippen LogP contribution is -2.17. The number of aliphatic imine (C=N–C) groups is 1. The topological polar surface area (TPSA) is 57.1 Å². The van der Waals surface area contributed by atoms with E-state index in [0.717, 1.165) is 11.3 Å². The van der Waals surface area contributed by atoms with E-state index in [9.17, 15) is 4.79 Å². The van der Waals surface area contributed by atoms with E-state index >= 15 is 0 Å². The molecular formula is C12H15NO4. The van der Waals surface area contributed by atoms with Gasteiger partial charge in [-0.15, -0.1) is 0 Å². The smallest absolute Gasteiger partial charge is 0.393 e. The summed E-state index contributed by atoms with van der Waals surface area (Å²) in [4.78, 5) is 15.2. The quantitative estimate of drug-likeness (QED) is 0.453. The molecule has 0 aliphatic carbocycles. The van der Waals surface area contributed by atoms with E-state index in [4.69, 9.17) is 9.47 Å². The number of esters is 1. The van der Waals surface area contributed by atoms with Crippen LogP contribution in [0.1, 0.15) is 5.56 Å². The Morgan fingerprint density at radius 2 is 1.76 bits per heavy atom. The van der Waals surface area contributed by atoms with Gasteiger partial charge in [0.2, 0.25) is 0 Å². The van der Waals surface area contributed by atoms with Gasteiger partial charge in [-0.2, -0.15) is 0 Å². The minimum Gasteiger partial charge on any atom is -0.497 e. The molecule has 5 nitrogen and oxygen atoms in total. The third-order valence-electron chi connectivity index (χ3n) is 2.12. The summed E-state index contributed by atoms with van der Waals surface area (Å²) in [5, 5.41) is 0. The van der Waals surface area contributed by atoms with Crippen molar-refractivity contribution in [2.75, 3.05) is 21.3 Å². The second-order valence-electron chi connectivity index (χ2n) is 3.17. The lowest BCUT2D eigenvalue weighted by atomic mass is 10.2. The Labute approximate surface area is 100 Å². The summed E-state index contributed by atoms with van der Waals surface area (Å²) in [6.45, 7) is 0.349. The van der Waals surface area contributed by atoms with E-state index < -0.39 is 5.97 Å². The summed E-state index contributed by atoms with van der Waals surface area (Å²) in [7, 11) is 4.27. The summed E-state index contributed by atoms with van der Waals surface area (Å²) < 4.78 is 14.4. The zero-order chi connectivity index (χ0) is 12.7. The predicted octanol–water partition coefficient (Wildman–Crippen LogP) is 1.41. The van der Waals surface area contributed by atoms with Crippen LogP contribution in [0.2, 0.25) is 0 Å². The van der Waals surface area contributed by atoms with Gasteiger partial charge < -0.3 is 14.2 Å². The molecule has 0 amide bonds. The Morgan fingerprint density at radius 3 is 2.24 bits per heavy atom. The lowest BCUT2D eigenvalue weighted by Gasteiger charge is -2.03. The highest BCUT2D eigenvalue weighted by molar-refractivity contribution is 6.32. The molecule has 0 aliphatic rings. The molecule has 0 heterocycles. The molecule has 0 saturated heterocycles. The SMILES string of the molecule is COC(=O)C(=NCc1ccc(OC)cc1)OC. The van der Waals surface area contributed by atoms with E-state index in [-0.39, 0.29) is 5.90 Å². The number of methoxy groups -OCH3 is 3. The van der Waals surface area contributed by atoms with Crippen LogP contribution in [0.4, 0.5) is 0 Å². The molecular weight excluding hydrogens is 222 g/mol. The van der Waals surface area contributed by atoms with Crippen molar-refractivity contribution in [1.82, 2.24) is 0 Å². The molecule has 1 aromatic rings. The average Bonchev–Trinajstić information content (AvgIpc) is 2.39. The van der Waals surface area contributed by atoms with Crippen molar-refractivity contribution in [2.45, 2.75) is 6.54 Å². The maximum atomic E-state index is 11.2. The van der Waals surface area contributed by atoms with Crippen molar-refractivity contribution >= 4 is 11.9 Å². The van der Waals surface area contributed by atoms with Crippen LogP contribution in [-0.2, 0) is 20.8 Å². The fraction of sp³-hybridized carbons (Fsp3) is 0.333. The summed E-state index contributed by atoms with van der Waals surface area (Å²) in [5.41, 5.74) is 0.948. The number of ether oxygens (including phenoxy) is 3. The molecule has 5 heteroatoms. The summed E-state index contributed by atoms with van der Waals surface area (Å²) in [6, 6.07) is 7.39. The Bertz CT molecular complexity index is 397. The van der Waals surface area contributed by atoms with Crippen molar-refractivity contribution in [3.63, 3.8) is 0 Å². The van der Waals surface area contributed by atoms with Gasteiger partial charge in [-0.25, -0.2) is 9.79 Å². The summed E-state index contributed by atoms with van der Waals surface area (Å²) in [5.74, 6) is 0.155. The van der Waals surface area contributed by atoms with Gasteiger partial charge in [0.15, 0.2) is 0 Å². The van der Waals surface area contributed by atoms with Crippen LogP contribution >= 0.6 is 0 Å². The molecule has 17 heavy (non-hydrogen) atoms. The van der Waals surface area contributed by atoms with E-state index in [1.165, 1.54) is 14.2 Å². The highest BCUT2D eigenvalue weighted by Gasteiger charge is 2.10. The molecule has 0 N–H and O–H groups in total. The number of nitrogens with zero attached hydrogens (tertiary/aromatic N) is 1. The standard InChI is InChI=1S/C12H15NO4/c1-15-10-6-4-9(5-7-10)8-13-11(16-2)12(14)17-3/h4-7H,8H2,1-3H3. The van der Waals surface area contributed by atoms with E-state index in [1.54, 1.807) is 7.11 Å². The number of benzene rings is 1. The number of rotatable bonds is 3. The van der Waals surface area contributed by atoms with Crippen molar-refractivity contribution in [3.8, 4) is 5.75 Å². The Kier molecular flexibility index (Phi) is 5.00. The highest BCUT2D eigenvalue weighted by Crippen LogP contribution is 2.11. The second kappa shape index (κ2) is 6.52. The van der Waals surface area contributed by atoms with Crippen molar-refractivity contribution in [3.05, 3.63) is 29.8 Å². The van der Waals surface area contributed by atoms with Crippen molar-refractivity contribution in [2.24, 2.45) is 4.99 Å². The molecule has 0 fully saturated rings. The molecule has 1 aromatic carbocycles. The van der Waals surface area contributed by atoms with Crippen LogP contribution in [0.3, 0.4) is 0 Å². The fourth-order valence-electron chi connectivity index (χ4n) is 1.19. The first-order valence-corrected chi connectivity index (χ1v) is 5.01. The van der Waals surface area contributed by atoms with Crippen LogP contribution in [0, 0.1) is 0 Å². The normalized spacial score (nSPS) is 10.9. The van der Waals surface area contributed by atoms with E-state index in [0.29, 0.717) is 6.54 Å². The Hall–Kier alpha value is -2.04. The van der Waals surface area contributed by atoms with Crippen LogP contribution in [0.25, 0.3) is 0 Å². The largest absolute Gasteiger partial charge is 0.497 e. The minimum atomic E-state index is -0.582. The van der Waals surface area contributed by atoms with Crippen LogP contribution < -0.4 is 4.74 Å². The molecule has 0 spiro atoms. The monoisotopic (exact) mass is 237 g/mol. The van der Waals surface area contributed by atoms with Gasteiger partial charge in [0.1, 0.15) is 5.75 Å². The van der Waals surface area contributed by atoms with Gasteiger partial charge in [0.05, 0.1) is 27.9 Å². The number of hydrogen-bond acceptors (Lipinski definition) is 5.